The Morgan fingerprint density at radius 3 is 2.18 bits per heavy atom. The minimum atomic E-state index is 0.172. The van der Waals surface area contributed by atoms with Gasteiger partial charge in [0, 0.05) is 15.6 Å². The highest BCUT2D eigenvalue weighted by atomic mass is 127. The Bertz CT molecular complexity index is 512. The van der Waals surface area contributed by atoms with Crippen molar-refractivity contribution in [1.82, 2.24) is 0 Å². The van der Waals surface area contributed by atoms with E-state index in [0.717, 1.165) is 11.1 Å². The molecule has 0 unspecified atom stereocenters. The standard InChI is InChI=1S/C15H13IO/c1-11-2-6-13(7-3-11)15(17)10-12-4-8-14(16)9-5-12/h2-9H,10H2,1H3. The van der Waals surface area contributed by atoms with Crippen LogP contribution < -0.4 is 0 Å². The summed E-state index contributed by atoms with van der Waals surface area (Å²) in [6.07, 6.45) is 0.472. The highest BCUT2D eigenvalue weighted by Gasteiger charge is 2.06. The summed E-state index contributed by atoms with van der Waals surface area (Å²) in [6.45, 7) is 2.02. The summed E-state index contributed by atoms with van der Waals surface area (Å²) < 4.78 is 1.19. The number of Topliss-reactive ketones (excluding diaryl/α,β-unsaturated/α-hetero) is 1. The maximum absolute atomic E-state index is 12.0. The Hall–Kier alpha value is -1.16. The zero-order valence-electron chi connectivity index (χ0n) is 9.61. The molecular weight excluding hydrogens is 323 g/mol. The summed E-state index contributed by atoms with van der Waals surface area (Å²) in [5, 5.41) is 0. The molecule has 0 aliphatic rings. The average molecular weight is 336 g/mol. The summed E-state index contributed by atoms with van der Waals surface area (Å²) in [5.41, 5.74) is 3.03. The Labute approximate surface area is 115 Å². The van der Waals surface area contributed by atoms with E-state index in [9.17, 15) is 4.79 Å². The van der Waals surface area contributed by atoms with Gasteiger partial charge in [-0.05, 0) is 47.2 Å². The molecule has 1 nitrogen and oxygen atoms in total. The summed E-state index contributed by atoms with van der Waals surface area (Å²) in [5.74, 6) is 0.172. The molecule has 0 spiro atoms. The van der Waals surface area contributed by atoms with Crippen LogP contribution in [0.1, 0.15) is 21.5 Å². The Balaban J connectivity index is 2.11. The molecule has 2 heteroatoms. The molecule has 2 aromatic carbocycles. The number of carbonyl (C=O) groups is 1. The van der Waals surface area contributed by atoms with Crippen molar-refractivity contribution < 1.29 is 4.79 Å². The van der Waals surface area contributed by atoms with Crippen molar-refractivity contribution in [2.45, 2.75) is 13.3 Å². The first-order valence-corrected chi connectivity index (χ1v) is 6.57. The first-order chi connectivity index (χ1) is 8.15. The number of hydrogen-bond donors (Lipinski definition) is 0. The van der Waals surface area contributed by atoms with Crippen LogP contribution >= 0.6 is 22.6 Å². The van der Waals surface area contributed by atoms with Crippen molar-refractivity contribution in [3.8, 4) is 0 Å². The zero-order chi connectivity index (χ0) is 12.3. The minimum absolute atomic E-state index is 0.172. The second-order valence-electron chi connectivity index (χ2n) is 4.09. The van der Waals surface area contributed by atoms with Gasteiger partial charge in [0.15, 0.2) is 5.78 Å². The van der Waals surface area contributed by atoms with Crippen LogP contribution in [0.3, 0.4) is 0 Å². The summed E-state index contributed by atoms with van der Waals surface area (Å²) in [7, 11) is 0. The lowest BCUT2D eigenvalue weighted by Crippen LogP contribution is -2.03. The molecule has 0 saturated heterocycles. The van der Waals surface area contributed by atoms with Crippen LogP contribution in [0.4, 0.5) is 0 Å². The van der Waals surface area contributed by atoms with Crippen LogP contribution in [0.15, 0.2) is 48.5 Å². The minimum Gasteiger partial charge on any atom is -0.294 e. The molecule has 0 amide bonds. The van der Waals surface area contributed by atoms with Crippen molar-refractivity contribution in [2.24, 2.45) is 0 Å². The molecule has 0 aliphatic carbocycles. The molecule has 86 valence electrons. The van der Waals surface area contributed by atoms with Gasteiger partial charge >= 0.3 is 0 Å². The van der Waals surface area contributed by atoms with E-state index in [4.69, 9.17) is 0 Å². The van der Waals surface area contributed by atoms with Crippen LogP contribution in [0, 0.1) is 10.5 Å². The molecule has 0 fully saturated rings. The van der Waals surface area contributed by atoms with Gasteiger partial charge in [-0.1, -0.05) is 42.0 Å². The third kappa shape index (κ3) is 3.40. The summed E-state index contributed by atoms with van der Waals surface area (Å²) in [4.78, 5) is 12.0. The average Bonchev–Trinajstić information content (AvgIpc) is 2.33. The zero-order valence-corrected chi connectivity index (χ0v) is 11.8. The number of aryl methyl sites for hydroxylation is 1. The smallest absolute Gasteiger partial charge is 0.167 e. The molecule has 0 N–H and O–H groups in total. The van der Waals surface area contributed by atoms with E-state index in [1.54, 1.807) is 0 Å². The first kappa shape index (κ1) is 12.3. The van der Waals surface area contributed by atoms with Gasteiger partial charge in [0.2, 0.25) is 0 Å². The first-order valence-electron chi connectivity index (χ1n) is 5.49. The predicted molar refractivity (Wildman–Crippen MR) is 78.4 cm³/mol. The van der Waals surface area contributed by atoms with Crippen LogP contribution in [0.25, 0.3) is 0 Å². The number of halogens is 1. The van der Waals surface area contributed by atoms with E-state index >= 15 is 0 Å². The molecule has 2 rings (SSSR count). The predicted octanol–water partition coefficient (Wildman–Crippen LogP) is 4.03. The van der Waals surface area contributed by atoms with Gasteiger partial charge in [0.05, 0.1) is 0 Å². The van der Waals surface area contributed by atoms with E-state index in [0.29, 0.717) is 6.42 Å². The number of hydrogen-bond acceptors (Lipinski definition) is 1. The van der Waals surface area contributed by atoms with Crippen molar-refractivity contribution >= 4 is 28.4 Å². The number of benzene rings is 2. The van der Waals surface area contributed by atoms with Crippen LogP contribution in [0.2, 0.25) is 0 Å². The van der Waals surface area contributed by atoms with Crippen molar-refractivity contribution in [3.05, 3.63) is 68.8 Å². The molecule has 2 aromatic rings. The second kappa shape index (κ2) is 5.45. The number of rotatable bonds is 3. The third-order valence-electron chi connectivity index (χ3n) is 2.65. The Morgan fingerprint density at radius 2 is 1.59 bits per heavy atom. The highest BCUT2D eigenvalue weighted by molar-refractivity contribution is 14.1. The van der Waals surface area contributed by atoms with E-state index in [1.807, 2.05) is 55.5 Å². The van der Waals surface area contributed by atoms with Gasteiger partial charge < -0.3 is 0 Å². The molecular formula is C15H13IO. The quantitative estimate of drug-likeness (QED) is 0.611. The van der Waals surface area contributed by atoms with E-state index in [2.05, 4.69) is 22.6 Å². The highest BCUT2D eigenvalue weighted by Crippen LogP contribution is 2.11. The lowest BCUT2D eigenvalue weighted by Gasteiger charge is -2.02. The molecule has 17 heavy (non-hydrogen) atoms. The fourth-order valence-corrected chi connectivity index (χ4v) is 1.99. The maximum Gasteiger partial charge on any atom is 0.167 e. The molecule has 0 atom stereocenters. The Kier molecular flexibility index (Phi) is 3.94. The third-order valence-corrected chi connectivity index (χ3v) is 3.37. The topological polar surface area (TPSA) is 17.1 Å². The molecule has 0 aliphatic heterocycles. The van der Waals surface area contributed by atoms with Crippen molar-refractivity contribution in [2.75, 3.05) is 0 Å². The van der Waals surface area contributed by atoms with E-state index in [-0.39, 0.29) is 5.78 Å². The van der Waals surface area contributed by atoms with Gasteiger partial charge in [0.25, 0.3) is 0 Å². The van der Waals surface area contributed by atoms with Gasteiger partial charge in [0.1, 0.15) is 0 Å². The Morgan fingerprint density at radius 1 is 1.00 bits per heavy atom. The second-order valence-corrected chi connectivity index (χ2v) is 5.34. The fraction of sp³-hybridized carbons (Fsp3) is 0.133. The van der Waals surface area contributed by atoms with Gasteiger partial charge in [-0.25, -0.2) is 0 Å². The molecule has 0 aromatic heterocycles. The molecule has 0 heterocycles. The number of carbonyl (C=O) groups excluding carboxylic acids is 1. The van der Waals surface area contributed by atoms with E-state index < -0.39 is 0 Å². The van der Waals surface area contributed by atoms with E-state index in [1.165, 1.54) is 9.13 Å². The largest absolute Gasteiger partial charge is 0.294 e. The molecule has 0 radical (unpaired) electrons. The van der Waals surface area contributed by atoms with Crippen molar-refractivity contribution in [3.63, 3.8) is 0 Å². The maximum atomic E-state index is 12.0. The lowest BCUT2D eigenvalue weighted by atomic mass is 10.0. The van der Waals surface area contributed by atoms with Crippen LogP contribution in [-0.2, 0) is 6.42 Å². The van der Waals surface area contributed by atoms with Gasteiger partial charge in [-0.3, -0.25) is 4.79 Å². The lowest BCUT2D eigenvalue weighted by molar-refractivity contribution is 0.0993. The van der Waals surface area contributed by atoms with Crippen LogP contribution in [0.5, 0.6) is 0 Å². The van der Waals surface area contributed by atoms with Gasteiger partial charge in [-0.15, -0.1) is 0 Å². The summed E-state index contributed by atoms with van der Waals surface area (Å²) >= 11 is 2.26. The fourth-order valence-electron chi connectivity index (χ4n) is 1.63. The molecule has 0 saturated carbocycles. The monoisotopic (exact) mass is 336 g/mol. The normalized spacial score (nSPS) is 10.2. The van der Waals surface area contributed by atoms with Gasteiger partial charge in [-0.2, -0.15) is 0 Å². The molecule has 0 bridgehead atoms. The number of ketones is 1. The summed E-state index contributed by atoms with van der Waals surface area (Å²) in [6, 6.07) is 15.8. The van der Waals surface area contributed by atoms with Crippen LogP contribution in [-0.4, -0.2) is 5.78 Å². The SMILES string of the molecule is Cc1ccc(C(=O)Cc2ccc(I)cc2)cc1. The van der Waals surface area contributed by atoms with Crippen molar-refractivity contribution in [1.29, 1.82) is 0 Å².